The lowest BCUT2D eigenvalue weighted by Crippen LogP contribution is -2.25. The molecule has 0 radical (unpaired) electrons. The van der Waals surface area contributed by atoms with Gasteiger partial charge in [0.2, 0.25) is 0 Å². The third-order valence-corrected chi connectivity index (χ3v) is 17.7. The molecule has 75 heavy (non-hydrogen) atoms. The van der Waals surface area contributed by atoms with E-state index in [4.69, 9.17) is 9.97 Å². The molecular weight excluding hydrogens is 957 g/mol. The maximum absolute atomic E-state index is 11.8. The summed E-state index contributed by atoms with van der Waals surface area (Å²) in [6.07, 6.45) is 8.37. The predicted octanol–water partition coefficient (Wildman–Crippen LogP) is 18.8. The highest BCUT2D eigenvalue weighted by Gasteiger charge is 2.42. The van der Waals surface area contributed by atoms with Crippen LogP contribution in [0.15, 0.2) is 150 Å². The van der Waals surface area contributed by atoms with Crippen molar-refractivity contribution in [3.8, 4) is 67.0 Å². The van der Waals surface area contributed by atoms with Crippen molar-refractivity contribution in [2.45, 2.75) is 110 Å². The van der Waals surface area contributed by atoms with Crippen LogP contribution in [0, 0.1) is 11.3 Å². The molecule has 0 fully saturated rings. The Morgan fingerprint density at radius 1 is 0.640 bits per heavy atom. The smallest absolute Gasteiger partial charge is 0.346 e. The number of aromatic nitrogens is 3. The summed E-state index contributed by atoms with van der Waals surface area (Å²) in [7, 11) is 0. The van der Waals surface area contributed by atoms with Crippen molar-refractivity contribution in [1.82, 2.24) is 14.5 Å². The lowest BCUT2D eigenvalue weighted by molar-refractivity contribution is -0.132. The zero-order chi connectivity index (χ0) is 52.4. The number of nitriles is 1. The fourth-order valence-electron chi connectivity index (χ4n) is 11.4. The normalized spacial score (nSPS) is 13.4. The third kappa shape index (κ3) is 8.80. The van der Waals surface area contributed by atoms with Crippen LogP contribution in [0.4, 0.5) is 0 Å². The molecule has 6 nitrogen and oxygen atoms in total. The van der Waals surface area contributed by atoms with Gasteiger partial charge in [0.1, 0.15) is 11.6 Å². The number of fused-ring (bicyclic) bond motifs is 7. The molecule has 1 aliphatic rings. The van der Waals surface area contributed by atoms with Crippen LogP contribution in [-0.4, -0.2) is 25.6 Å². The quantitative estimate of drug-likeness (QED) is 0.0918. The van der Waals surface area contributed by atoms with Crippen LogP contribution in [0.3, 0.4) is 0 Å². The standard InChI is InChI=1S/C67H62N4O2S2/c1-9-11-34-67(35-12-10-2)53-16-14-13-15-50(53)51-30-29-48(38-54(51)67)71-55-33-36-74-62(55)63-56(71)39-57(75-63)52-32-31-49(42-19-17-41(18-20-42)37-45(40-68)64(72)73)60-61(52)70-59(44-23-27-47(28-24-44)66(6,7)8)58(69-60)43-21-25-46(26-22-43)65(3,4)5/h13-33,36-39H,9-12,34-35H2,1-8H3,(H,72,73)/b45-37+. The monoisotopic (exact) mass is 1020 g/mol. The van der Waals surface area contributed by atoms with Gasteiger partial charge in [-0.2, -0.15) is 5.26 Å². The average Bonchev–Trinajstić information content (AvgIpc) is 4.19. The summed E-state index contributed by atoms with van der Waals surface area (Å²) in [5.41, 5.74) is 19.9. The van der Waals surface area contributed by atoms with Gasteiger partial charge in [0.15, 0.2) is 0 Å². The van der Waals surface area contributed by atoms with Gasteiger partial charge in [-0.15, -0.1) is 22.7 Å². The molecule has 374 valence electrons. The Morgan fingerprint density at radius 2 is 1.20 bits per heavy atom. The molecule has 0 atom stereocenters. The lowest BCUT2D eigenvalue weighted by atomic mass is 9.71. The van der Waals surface area contributed by atoms with Crippen LogP contribution < -0.4 is 0 Å². The van der Waals surface area contributed by atoms with Crippen molar-refractivity contribution in [2.24, 2.45) is 0 Å². The molecule has 0 aliphatic heterocycles. The van der Waals surface area contributed by atoms with E-state index in [1.807, 2.05) is 35.6 Å². The van der Waals surface area contributed by atoms with E-state index in [1.54, 1.807) is 17.4 Å². The molecule has 0 bridgehead atoms. The van der Waals surface area contributed by atoms with Crippen LogP contribution in [0.1, 0.15) is 122 Å². The molecule has 4 heterocycles. The Kier molecular flexibility index (Phi) is 12.8. The van der Waals surface area contributed by atoms with E-state index in [2.05, 4.69) is 181 Å². The Labute approximate surface area is 448 Å². The second-order valence-electron chi connectivity index (χ2n) is 22.4. The first-order valence-electron chi connectivity index (χ1n) is 26.4. The number of hydrogen-bond donors (Lipinski definition) is 1. The molecule has 0 spiro atoms. The lowest BCUT2D eigenvalue weighted by Gasteiger charge is -2.33. The fourth-order valence-corrected chi connectivity index (χ4v) is 13.6. The number of carboxylic acid groups (broad SMARTS) is 1. The molecular formula is C67H62N4O2S2. The first-order valence-corrected chi connectivity index (χ1v) is 28.1. The summed E-state index contributed by atoms with van der Waals surface area (Å²) in [6.45, 7) is 18.0. The van der Waals surface area contributed by atoms with Gasteiger partial charge in [-0.3, -0.25) is 0 Å². The number of aliphatic carboxylic acids is 1. The van der Waals surface area contributed by atoms with Crippen molar-refractivity contribution in [3.05, 3.63) is 178 Å². The summed E-state index contributed by atoms with van der Waals surface area (Å²) < 4.78 is 5.02. The molecule has 0 amide bonds. The Bertz CT molecular complexity index is 3900. The number of unbranched alkanes of at least 4 members (excludes halogenated alkanes) is 2. The van der Waals surface area contributed by atoms with Crippen molar-refractivity contribution >= 4 is 66.2 Å². The van der Waals surface area contributed by atoms with E-state index < -0.39 is 5.97 Å². The van der Waals surface area contributed by atoms with Crippen LogP contribution in [0.25, 0.3) is 98.4 Å². The number of nitrogens with zero attached hydrogens (tertiary/aromatic N) is 4. The first kappa shape index (κ1) is 49.8. The summed E-state index contributed by atoms with van der Waals surface area (Å²) >= 11 is 3.62. The summed E-state index contributed by atoms with van der Waals surface area (Å²) in [6, 6.07) is 52.5. The summed E-state index contributed by atoms with van der Waals surface area (Å²) in [5.74, 6) is -1.26. The highest BCUT2D eigenvalue weighted by Crippen LogP contribution is 2.55. The van der Waals surface area contributed by atoms with Gasteiger partial charge in [0, 0.05) is 38.2 Å². The molecule has 4 aromatic heterocycles. The molecule has 11 rings (SSSR count). The van der Waals surface area contributed by atoms with Gasteiger partial charge < -0.3 is 9.67 Å². The van der Waals surface area contributed by atoms with Crippen LogP contribution in [-0.2, 0) is 21.0 Å². The fraction of sp³-hybridized carbons (Fsp3) is 0.254. The van der Waals surface area contributed by atoms with Crippen LogP contribution >= 0.6 is 22.7 Å². The molecule has 6 aromatic carbocycles. The molecule has 1 aliphatic carbocycles. The topological polar surface area (TPSA) is 91.8 Å². The number of hydrogen-bond acceptors (Lipinski definition) is 6. The molecule has 8 heteroatoms. The maximum atomic E-state index is 11.8. The molecule has 0 saturated carbocycles. The number of benzene rings is 6. The minimum absolute atomic E-state index is 0.0235. The van der Waals surface area contributed by atoms with Gasteiger partial charge in [-0.1, -0.05) is 196 Å². The van der Waals surface area contributed by atoms with Gasteiger partial charge in [0.25, 0.3) is 0 Å². The SMILES string of the molecule is CCCCC1(CCCC)c2ccccc2-c2ccc(-n3c4ccsc4c4sc(-c5ccc(-c6ccc(/C=C(\C#N)C(=O)O)cc6)c6nc(-c7ccc(C(C)(C)C)cc7)c(-c7ccc(C(C)(C)C)cc7)nc56)cc43)cc21. The zero-order valence-electron chi connectivity index (χ0n) is 44.1. The third-order valence-electron chi connectivity index (χ3n) is 15.5. The molecule has 0 unspecified atom stereocenters. The van der Waals surface area contributed by atoms with Gasteiger partial charge in [-0.05, 0) is 104 Å². The highest BCUT2D eigenvalue weighted by molar-refractivity contribution is 7.28. The first-order chi connectivity index (χ1) is 36.1. The molecule has 10 aromatic rings. The van der Waals surface area contributed by atoms with Crippen LogP contribution in [0.2, 0.25) is 0 Å². The highest BCUT2D eigenvalue weighted by atomic mass is 32.1. The number of rotatable bonds is 13. The summed E-state index contributed by atoms with van der Waals surface area (Å²) in [5, 5.41) is 21.4. The van der Waals surface area contributed by atoms with E-state index in [-0.39, 0.29) is 21.8 Å². The van der Waals surface area contributed by atoms with E-state index in [0.717, 1.165) is 80.8 Å². The van der Waals surface area contributed by atoms with Crippen LogP contribution in [0.5, 0.6) is 0 Å². The van der Waals surface area contributed by atoms with E-state index in [1.165, 1.54) is 78.4 Å². The average molecular weight is 1020 g/mol. The van der Waals surface area contributed by atoms with Crippen molar-refractivity contribution in [3.63, 3.8) is 0 Å². The number of carbonyl (C=O) groups is 1. The Morgan fingerprint density at radius 3 is 1.79 bits per heavy atom. The minimum atomic E-state index is -1.26. The molecule has 0 saturated heterocycles. The van der Waals surface area contributed by atoms with Crippen molar-refractivity contribution in [1.29, 1.82) is 5.26 Å². The Balaban J connectivity index is 1.14. The van der Waals surface area contributed by atoms with Gasteiger partial charge in [-0.25, -0.2) is 14.8 Å². The maximum Gasteiger partial charge on any atom is 0.346 e. The molecule has 1 N–H and O–H groups in total. The summed E-state index contributed by atoms with van der Waals surface area (Å²) in [4.78, 5) is 24.4. The largest absolute Gasteiger partial charge is 0.477 e. The second kappa shape index (κ2) is 19.4. The Hall–Kier alpha value is -7.44. The number of carboxylic acids is 1. The number of thiophene rings is 2. The van der Waals surface area contributed by atoms with Gasteiger partial charge in [0.05, 0.1) is 42.9 Å². The predicted molar refractivity (Wildman–Crippen MR) is 315 cm³/mol. The van der Waals surface area contributed by atoms with E-state index in [9.17, 15) is 15.2 Å². The van der Waals surface area contributed by atoms with E-state index >= 15 is 0 Å². The van der Waals surface area contributed by atoms with Gasteiger partial charge >= 0.3 is 5.97 Å². The van der Waals surface area contributed by atoms with E-state index in [0.29, 0.717) is 5.56 Å². The van der Waals surface area contributed by atoms with Crippen molar-refractivity contribution < 1.29 is 9.90 Å². The minimum Gasteiger partial charge on any atom is -0.477 e. The zero-order valence-corrected chi connectivity index (χ0v) is 45.8. The second-order valence-corrected chi connectivity index (χ2v) is 24.4. The van der Waals surface area contributed by atoms with Crippen molar-refractivity contribution in [2.75, 3.05) is 0 Å².